The number of amides is 3. The second kappa shape index (κ2) is 44.8. The van der Waals surface area contributed by atoms with Gasteiger partial charge < -0.3 is 38.1 Å². The van der Waals surface area contributed by atoms with Gasteiger partial charge in [-0.2, -0.15) is 10.1 Å². The van der Waals surface area contributed by atoms with E-state index in [-0.39, 0.29) is 61.2 Å². The average Bonchev–Trinajstić information content (AvgIpc) is 0.823. The third kappa shape index (κ3) is 37.5. The van der Waals surface area contributed by atoms with Crippen LogP contribution < -0.4 is 33.4 Å². The summed E-state index contributed by atoms with van der Waals surface area (Å²) in [5, 5.41) is 7.63. The molecule has 0 bridgehead atoms. The van der Waals surface area contributed by atoms with Crippen molar-refractivity contribution in [3.05, 3.63) is 216 Å². The first-order chi connectivity index (χ1) is 53.4. The predicted octanol–water partition coefficient (Wildman–Crippen LogP) is 13.0. The van der Waals surface area contributed by atoms with Crippen LogP contribution >= 0.6 is 0 Å². The van der Waals surface area contributed by atoms with Crippen molar-refractivity contribution in [1.82, 2.24) is 99.9 Å². The maximum Gasteiger partial charge on any atom is 0.316 e. The number of primary amides is 3. The summed E-state index contributed by atoms with van der Waals surface area (Å²) in [6, 6.07) is 4.36. The van der Waals surface area contributed by atoms with Crippen molar-refractivity contribution >= 4 is 29.6 Å². The van der Waals surface area contributed by atoms with Crippen molar-refractivity contribution in [2.24, 2.45) is 33.7 Å². The van der Waals surface area contributed by atoms with Crippen molar-refractivity contribution < 1.29 is 23.9 Å². The monoisotopic (exact) mass is 1590 g/mol. The van der Waals surface area contributed by atoms with Crippen molar-refractivity contribution in [3.63, 3.8) is 0 Å². The molecule has 10 rings (SSSR count). The molecule has 0 atom stereocenters. The Bertz CT molecular complexity index is 4490. The summed E-state index contributed by atoms with van der Waals surface area (Å²) in [5.74, 6) is 1.60. The minimum atomic E-state index is -0.507. The van der Waals surface area contributed by atoms with Crippen LogP contribution in [0.5, 0.6) is 6.01 Å². The Kier molecular flexibility index (Phi) is 38.7. The Morgan fingerprint density at radius 2 is 0.802 bits per heavy atom. The number of amidine groups is 1. The summed E-state index contributed by atoms with van der Waals surface area (Å²) in [6.45, 7) is 58.4. The topological polar surface area (TPSA) is 470 Å². The SMILES string of the molecule is CC(C)(C)c1cnc(-c2cccnc2)nc1.CC(C)(C)c1cnc(CC(N)=O)nc1.CC(C)(C)c1cnc(CN)nc1.CC(C)(C)c1cncnc1.CC(C)(C)c1cncnc1C(N)=O.CC(C)(C)c1cncnn1.COC(N)=Nc1ncncc1C(C)(C)C.COc1ncc(C(C)(C)C)cn1.Cc1ncc(C(C)(C)C)c(C(N)=O)n1. The Labute approximate surface area is 686 Å². The van der Waals surface area contributed by atoms with Gasteiger partial charge in [0.25, 0.3) is 17.8 Å². The number of aliphatic imine (C=N–C) groups is 1. The lowest BCUT2D eigenvalue weighted by atomic mass is 9.86. The second-order valence-electron chi connectivity index (χ2n) is 35.6. The van der Waals surface area contributed by atoms with Crippen molar-refractivity contribution in [1.29, 1.82) is 0 Å². The van der Waals surface area contributed by atoms with Gasteiger partial charge in [0.15, 0.2) is 11.6 Å². The lowest BCUT2D eigenvalue weighted by molar-refractivity contribution is -0.117. The third-order valence-corrected chi connectivity index (χ3v) is 16.1. The number of methoxy groups -OCH3 is 2. The maximum atomic E-state index is 11.2. The summed E-state index contributed by atoms with van der Waals surface area (Å²) in [6.07, 6.45) is 34.4. The highest BCUT2D eigenvalue weighted by Gasteiger charge is 2.25. The van der Waals surface area contributed by atoms with Crippen LogP contribution in [-0.4, -0.2) is 138 Å². The zero-order chi connectivity index (χ0) is 88.4. The number of hydrogen-bond donors (Lipinski definition) is 5. The molecule has 0 radical (unpaired) electrons. The van der Waals surface area contributed by atoms with Crippen molar-refractivity contribution in [3.8, 4) is 17.4 Å². The normalized spacial score (nSPS) is 11.6. The fourth-order valence-electron chi connectivity index (χ4n) is 8.66. The van der Waals surface area contributed by atoms with Gasteiger partial charge in [-0.25, -0.2) is 84.7 Å². The number of aryl methyl sites for hydroxylation is 1. The lowest BCUT2D eigenvalue weighted by Gasteiger charge is -2.20. The van der Waals surface area contributed by atoms with Gasteiger partial charge in [0.1, 0.15) is 54.2 Å². The lowest BCUT2D eigenvalue weighted by Crippen LogP contribution is -2.23. The molecule has 10 aromatic heterocycles. The Balaban J connectivity index is 0.000000444. The van der Waals surface area contributed by atoms with Crippen molar-refractivity contribution in [2.45, 2.75) is 256 Å². The van der Waals surface area contributed by atoms with Crippen LogP contribution in [0.2, 0.25) is 0 Å². The predicted molar refractivity (Wildman–Crippen MR) is 455 cm³/mol. The molecule has 0 unspecified atom stereocenters. The second-order valence-corrected chi connectivity index (χ2v) is 35.6. The Morgan fingerprint density at radius 1 is 0.397 bits per heavy atom. The molecule has 626 valence electrons. The number of ether oxygens (including phenoxy) is 2. The van der Waals surface area contributed by atoms with Crippen LogP contribution in [0.3, 0.4) is 0 Å². The Hall–Kier alpha value is -11.8. The van der Waals surface area contributed by atoms with E-state index in [0.29, 0.717) is 47.2 Å². The summed E-state index contributed by atoms with van der Waals surface area (Å²) >= 11 is 0. The molecule has 0 saturated heterocycles. The number of nitrogens with two attached hydrogens (primary N) is 5. The quantitative estimate of drug-likeness (QED) is 0.0696. The fraction of sp³-hybridized carbons (Fsp3) is 0.482. The highest BCUT2D eigenvalue weighted by atomic mass is 16.5. The van der Waals surface area contributed by atoms with E-state index in [1.54, 1.807) is 82.3 Å². The van der Waals surface area contributed by atoms with E-state index in [4.69, 9.17) is 38.1 Å². The van der Waals surface area contributed by atoms with E-state index >= 15 is 0 Å². The smallest absolute Gasteiger partial charge is 0.316 e. The van der Waals surface area contributed by atoms with E-state index in [2.05, 4.69) is 250 Å². The highest BCUT2D eigenvalue weighted by molar-refractivity contribution is 5.93. The van der Waals surface area contributed by atoms with Gasteiger partial charge in [0.05, 0.1) is 39.1 Å². The first kappa shape index (κ1) is 100. The molecule has 0 fully saturated rings. The molecule has 31 heteroatoms. The molecule has 0 spiro atoms. The molecule has 10 N–H and O–H groups in total. The van der Waals surface area contributed by atoms with Gasteiger partial charge in [0, 0.05) is 121 Å². The van der Waals surface area contributed by atoms with Gasteiger partial charge in [-0.15, -0.1) is 5.10 Å². The van der Waals surface area contributed by atoms with E-state index in [0.717, 1.165) is 56.0 Å². The third-order valence-electron chi connectivity index (χ3n) is 16.1. The number of nitrogens with zero attached hydrogens (tertiary/aromatic N) is 21. The van der Waals surface area contributed by atoms with E-state index in [1.165, 1.54) is 31.7 Å². The van der Waals surface area contributed by atoms with E-state index in [9.17, 15) is 14.4 Å². The van der Waals surface area contributed by atoms with Crippen LogP contribution in [0.1, 0.15) is 276 Å². The van der Waals surface area contributed by atoms with Crippen LogP contribution in [-0.2, 0) is 71.2 Å². The average molecular weight is 1590 g/mol. The minimum absolute atomic E-state index is 0.0330. The molecule has 10 heterocycles. The summed E-state index contributed by atoms with van der Waals surface area (Å²) < 4.78 is 9.65. The fourth-order valence-corrected chi connectivity index (χ4v) is 8.66. The highest BCUT2D eigenvalue weighted by Crippen LogP contribution is 2.30. The molecule has 116 heavy (non-hydrogen) atoms. The molecule has 0 aliphatic carbocycles. The van der Waals surface area contributed by atoms with Crippen LogP contribution in [0.25, 0.3) is 11.4 Å². The number of aromatic nitrogens is 20. The minimum Gasteiger partial charge on any atom is -0.468 e. The van der Waals surface area contributed by atoms with Gasteiger partial charge in [-0.1, -0.05) is 187 Å². The standard InChI is InChI=1S/C13H15N3.C10H16N4O.2C10H15N3O.C9H13N3O.C9H15N3.C9H14N2O.C8H12N2.C7H11N3/c1-13(2,3)11-8-15-12(16-9-11)10-5-4-6-14-7-10;1-10(2,3)7-5-12-6-13-8(7)14-9(11)15-4;1-10(2,3)7-5-12-9(13-6-7)4-8(11)14;1-6-12-5-7(10(2,3)4)8(13-6)9(11)14;1-9(2,3)6-4-11-5-12-7(6)8(10)13;1-9(2,3)7-5-11-8(4-10)12-6-7;1-9(2,3)7-5-10-8(12-4)11-6-7;1-8(2,3)7-4-9-6-10-5-7;1-7(2,3)6-4-8-5-9-10-6/h4-9H,1-3H3;5-6H,1-4H3,(H2,11,12,13,14);5-6H,4H2,1-3H3,(H2,11,14);5H,1-4H3,(H2,11,14);4-5H,1-3H3,(H2,10,13);5-6H,4,10H2,1-3H3;5-6H,1-4H3;4-6H,1-3H3;4-5H,1-3H3. The molecular weight excluding hydrogens is 1470 g/mol. The summed E-state index contributed by atoms with van der Waals surface area (Å²) in [7, 11) is 3.03. The molecular formula is C85H126N26O5. The van der Waals surface area contributed by atoms with Gasteiger partial charge in [-0.3, -0.25) is 19.4 Å². The Morgan fingerprint density at radius 3 is 1.16 bits per heavy atom. The maximum absolute atomic E-state index is 11.2. The largest absolute Gasteiger partial charge is 0.468 e. The van der Waals surface area contributed by atoms with Gasteiger partial charge >= 0.3 is 6.01 Å². The van der Waals surface area contributed by atoms with Crippen LogP contribution in [0.15, 0.2) is 142 Å². The molecule has 10 aromatic rings. The molecule has 0 aromatic carbocycles. The number of rotatable bonds is 8. The number of carbonyl (C=O) groups is 3. The van der Waals surface area contributed by atoms with Crippen LogP contribution in [0.4, 0.5) is 5.82 Å². The molecule has 0 aliphatic heterocycles. The molecule has 3 amide bonds. The summed E-state index contributed by atoms with van der Waals surface area (Å²) in [5.41, 5.74) is 37.1. The molecule has 0 aliphatic rings. The summed E-state index contributed by atoms with van der Waals surface area (Å²) in [4.78, 5) is 110. The zero-order valence-corrected chi connectivity index (χ0v) is 73.9. The van der Waals surface area contributed by atoms with Crippen molar-refractivity contribution in [2.75, 3.05) is 14.2 Å². The number of pyridine rings is 1. The number of carbonyl (C=O) groups excluding carboxylic acids is 3. The molecule has 31 nitrogen and oxygen atoms in total. The zero-order valence-electron chi connectivity index (χ0n) is 73.9. The van der Waals surface area contributed by atoms with Gasteiger partial charge in [0.2, 0.25) is 5.91 Å². The van der Waals surface area contributed by atoms with Gasteiger partial charge in [-0.05, 0) is 90.2 Å². The van der Waals surface area contributed by atoms with E-state index in [1.807, 2.05) is 90.9 Å². The first-order valence-corrected chi connectivity index (χ1v) is 37.5. The number of hydrogen-bond acceptors (Lipinski definition) is 27. The van der Waals surface area contributed by atoms with E-state index < -0.39 is 17.7 Å². The van der Waals surface area contributed by atoms with Crippen LogP contribution in [0, 0.1) is 6.92 Å². The molecule has 0 saturated carbocycles. The first-order valence-electron chi connectivity index (χ1n) is 37.5.